The number of carbonyl (C=O) groups is 1. The van der Waals surface area contributed by atoms with Crippen LogP contribution in [0.25, 0.3) is 0 Å². The minimum absolute atomic E-state index is 0.0784. The number of nitrogens with zero attached hydrogens (tertiary/aromatic N) is 2. The lowest BCUT2D eigenvalue weighted by Crippen LogP contribution is -2.50. The van der Waals surface area contributed by atoms with Crippen LogP contribution in [0, 0.1) is 10.1 Å². The van der Waals surface area contributed by atoms with Crippen LogP contribution in [0.5, 0.6) is 0 Å². The van der Waals surface area contributed by atoms with Crippen molar-refractivity contribution in [3.8, 4) is 0 Å². The van der Waals surface area contributed by atoms with Crippen LogP contribution in [0.3, 0.4) is 0 Å². The van der Waals surface area contributed by atoms with Crippen LogP contribution in [0.1, 0.15) is 19.3 Å². The monoisotopic (exact) mass is 266 g/mol. The molecule has 96 valence electrons. The zero-order valence-corrected chi connectivity index (χ0v) is 10.9. The third-order valence-corrected chi connectivity index (χ3v) is 4.54. The zero-order chi connectivity index (χ0) is 13.2. The van der Waals surface area contributed by atoms with Crippen LogP contribution in [0.4, 0.5) is 5.69 Å². The van der Waals surface area contributed by atoms with E-state index in [2.05, 4.69) is 0 Å². The summed E-state index contributed by atoms with van der Waals surface area (Å²) < 4.78 is 1.84. The molecule has 0 unspecified atom stereocenters. The number of carbonyl (C=O) groups excluding carboxylic acids is 1. The number of aldehydes is 1. The average Bonchev–Trinajstić information content (AvgIpc) is 2.28. The molecule has 0 aromatic heterocycles. The maximum Gasteiger partial charge on any atom is 0.284 e. The van der Waals surface area contributed by atoms with Crippen LogP contribution in [-0.2, 0) is 4.79 Å². The van der Waals surface area contributed by atoms with E-state index in [9.17, 15) is 14.9 Å². The van der Waals surface area contributed by atoms with Gasteiger partial charge < -0.3 is 4.79 Å². The topological polar surface area (TPSA) is 63.4 Å². The Kier molecular flexibility index (Phi) is 3.68. The number of nitro groups is 1. The molecule has 0 atom stereocenters. The molecule has 0 amide bonds. The highest BCUT2D eigenvalue weighted by molar-refractivity contribution is 7.97. The summed E-state index contributed by atoms with van der Waals surface area (Å²) in [7, 11) is 1.81. The number of hydrogen-bond donors (Lipinski definition) is 0. The van der Waals surface area contributed by atoms with Crippen LogP contribution in [-0.4, -0.2) is 28.1 Å². The maximum absolute atomic E-state index is 11.2. The molecule has 0 N–H and O–H groups in total. The maximum atomic E-state index is 11.2. The molecule has 1 aromatic carbocycles. The molecule has 1 saturated carbocycles. The van der Waals surface area contributed by atoms with Crippen molar-refractivity contribution in [3.63, 3.8) is 0 Å². The highest BCUT2D eigenvalue weighted by Crippen LogP contribution is 2.42. The van der Waals surface area contributed by atoms with Crippen LogP contribution >= 0.6 is 11.9 Å². The summed E-state index contributed by atoms with van der Waals surface area (Å²) in [6.07, 6.45) is 3.63. The number of nitro benzene ring substituents is 1. The van der Waals surface area contributed by atoms with Gasteiger partial charge in [0.25, 0.3) is 5.69 Å². The number of rotatable bonds is 5. The molecular formula is C12H14N2O3S. The van der Waals surface area contributed by atoms with Crippen LogP contribution in [0.15, 0.2) is 29.2 Å². The van der Waals surface area contributed by atoms with Crippen molar-refractivity contribution in [2.24, 2.45) is 0 Å². The van der Waals surface area contributed by atoms with Gasteiger partial charge in [0, 0.05) is 6.07 Å². The quantitative estimate of drug-likeness (QED) is 0.355. The Morgan fingerprint density at radius 2 is 2.11 bits per heavy atom. The van der Waals surface area contributed by atoms with Gasteiger partial charge in [-0.15, -0.1) is 0 Å². The van der Waals surface area contributed by atoms with Gasteiger partial charge in [-0.1, -0.05) is 12.1 Å². The lowest BCUT2D eigenvalue weighted by Gasteiger charge is -2.43. The standard InChI is InChI=1S/C12H14N2O3S/c1-13(12(9-15)7-4-8-12)18-11-6-3-2-5-10(11)14(16)17/h2-3,5-6,9H,4,7-8H2,1H3. The van der Waals surface area contributed by atoms with Gasteiger partial charge in [0.1, 0.15) is 11.2 Å². The first-order chi connectivity index (χ1) is 8.59. The molecule has 0 radical (unpaired) electrons. The molecule has 1 aromatic rings. The fourth-order valence-corrected chi connectivity index (χ4v) is 3.05. The lowest BCUT2D eigenvalue weighted by molar-refractivity contribution is -0.387. The predicted octanol–water partition coefficient (Wildman–Crippen LogP) is 2.66. The second kappa shape index (κ2) is 5.07. The van der Waals surface area contributed by atoms with Gasteiger partial charge in [-0.3, -0.25) is 10.1 Å². The largest absolute Gasteiger partial charge is 0.301 e. The summed E-state index contributed by atoms with van der Waals surface area (Å²) in [5.41, 5.74) is -0.372. The molecule has 2 rings (SSSR count). The SMILES string of the molecule is CN(Sc1ccccc1[N+](=O)[O-])C1(C=O)CCC1. The molecule has 0 aliphatic heterocycles. The summed E-state index contributed by atoms with van der Waals surface area (Å²) in [5.74, 6) is 0. The second-order valence-corrected chi connectivity index (χ2v) is 5.56. The summed E-state index contributed by atoms with van der Waals surface area (Å²) in [5, 5.41) is 10.9. The van der Waals surface area contributed by atoms with E-state index in [1.165, 1.54) is 18.0 Å². The van der Waals surface area contributed by atoms with Crippen LogP contribution in [0.2, 0.25) is 0 Å². The molecule has 0 spiro atoms. The van der Waals surface area contributed by atoms with Gasteiger partial charge in [0.15, 0.2) is 0 Å². The summed E-state index contributed by atoms with van der Waals surface area (Å²) >= 11 is 1.27. The van der Waals surface area contributed by atoms with Gasteiger partial charge in [0.2, 0.25) is 0 Å². The fraction of sp³-hybridized carbons (Fsp3) is 0.417. The number of hydrogen-bond acceptors (Lipinski definition) is 5. The molecule has 1 aliphatic carbocycles. The number of likely N-dealkylation sites (N-methyl/N-ethyl adjacent to an activating group) is 1. The lowest BCUT2D eigenvalue weighted by atomic mass is 9.78. The molecular weight excluding hydrogens is 252 g/mol. The molecule has 1 aliphatic rings. The van der Waals surface area contributed by atoms with Crippen molar-refractivity contribution in [1.82, 2.24) is 4.31 Å². The van der Waals surface area contributed by atoms with Gasteiger partial charge in [-0.25, -0.2) is 4.31 Å². The molecule has 6 heteroatoms. The minimum Gasteiger partial charge on any atom is -0.301 e. The van der Waals surface area contributed by atoms with Gasteiger partial charge >= 0.3 is 0 Å². The molecule has 0 saturated heterocycles. The molecule has 18 heavy (non-hydrogen) atoms. The van der Waals surface area contributed by atoms with Crippen LogP contribution < -0.4 is 0 Å². The fourth-order valence-electron chi connectivity index (χ4n) is 1.97. The minimum atomic E-state index is -0.450. The van der Waals surface area contributed by atoms with Crippen molar-refractivity contribution >= 4 is 23.9 Å². The Balaban J connectivity index is 2.19. The van der Waals surface area contributed by atoms with Crippen molar-refractivity contribution in [2.45, 2.75) is 29.7 Å². The Hall–Kier alpha value is -1.40. The predicted molar refractivity (Wildman–Crippen MR) is 69.4 cm³/mol. The van der Waals surface area contributed by atoms with Gasteiger partial charge in [-0.05, 0) is 44.3 Å². The van der Waals surface area contributed by atoms with Crippen molar-refractivity contribution in [3.05, 3.63) is 34.4 Å². The third kappa shape index (κ3) is 2.26. The van der Waals surface area contributed by atoms with Crippen molar-refractivity contribution in [2.75, 3.05) is 7.05 Å². The number of para-hydroxylation sites is 1. The van der Waals surface area contributed by atoms with E-state index >= 15 is 0 Å². The summed E-state index contributed by atoms with van der Waals surface area (Å²) in [4.78, 5) is 22.3. The van der Waals surface area contributed by atoms with Crippen molar-refractivity contribution < 1.29 is 9.72 Å². The first kappa shape index (κ1) is 13.0. The molecule has 0 heterocycles. The Bertz CT molecular complexity index is 474. The molecule has 0 bridgehead atoms. The van der Waals surface area contributed by atoms with Crippen molar-refractivity contribution in [1.29, 1.82) is 0 Å². The Labute approximate surface area is 109 Å². The summed E-state index contributed by atoms with van der Waals surface area (Å²) in [6, 6.07) is 6.58. The normalized spacial score (nSPS) is 17.2. The Morgan fingerprint density at radius 1 is 1.44 bits per heavy atom. The van der Waals surface area contributed by atoms with Gasteiger partial charge in [0.05, 0.1) is 10.5 Å². The number of benzene rings is 1. The first-order valence-corrected chi connectivity index (χ1v) is 6.48. The second-order valence-electron chi connectivity index (χ2n) is 4.39. The van der Waals surface area contributed by atoms with E-state index in [1.54, 1.807) is 18.2 Å². The summed E-state index contributed by atoms with van der Waals surface area (Å²) in [6.45, 7) is 0. The zero-order valence-electron chi connectivity index (χ0n) is 10.0. The smallest absolute Gasteiger partial charge is 0.284 e. The van der Waals surface area contributed by atoms with E-state index in [4.69, 9.17) is 0 Å². The van der Waals surface area contributed by atoms with E-state index in [-0.39, 0.29) is 5.69 Å². The first-order valence-electron chi connectivity index (χ1n) is 5.71. The molecule has 1 fully saturated rings. The highest BCUT2D eigenvalue weighted by Gasteiger charge is 2.41. The molecule has 5 nitrogen and oxygen atoms in total. The van der Waals surface area contributed by atoms with E-state index < -0.39 is 10.5 Å². The van der Waals surface area contributed by atoms with Gasteiger partial charge in [-0.2, -0.15) is 0 Å². The van der Waals surface area contributed by atoms with E-state index in [0.29, 0.717) is 4.90 Å². The average molecular weight is 266 g/mol. The van der Waals surface area contributed by atoms with E-state index in [1.807, 2.05) is 11.4 Å². The highest BCUT2D eigenvalue weighted by atomic mass is 32.2. The Morgan fingerprint density at radius 3 is 2.61 bits per heavy atom. The van der Waals surface area contributed by atoms with E-state index in [0.717, 1.165) is 25.5 Å². The third-order valence-electron chi connectivity index (χ3n) is 3.36.